The van der Waals surface area contributed by atoms with Crippen molar-refractivity contribution in [1.82, 2.24) is 5.32 Å². The summed E-state index contributed by atoms with van der Waals surface area (Å²) in [5, 5.41) is 3.55. The van der Waals surface area contributed by atoms with Crippen LogP contribution >= 0.6 is 0 Å². The first-order valence-electron chi connectivity index (χ1n) is 6.92. The Kier molecular flexibility index (Phi) is 4.99. The van der Waals surface area contributed by atoms with E-state index in [9.17, 15) is 4.21 Å². The zero-order valence-electron chi connectivity index (χ0n) is 11.9. The van der Waals surface area contributed by atoms with Crippen LogP contribution in [-0.2, 0) is 10.8 Å². The molecule has 1 N–H and O–H groups in total. The number of hydrogen-bond acceptors (Lipinski definition) is 3. The van der Waals surface area contributed by atoms with Crippen molar-refractivity contribution in [2.24, 2.45) is 0 Å². The maximum atomic E-state index is 11.9. The molecule has 0 spiro atoms. The largest absolute Gasteiger partial charge is 0.491 e. The van der Waals surface area contributed by atoms with E-state index in [1.54, 1.807) is 0 Å². The minimum atomic E-state index is -0.717. The van der Waals surface area contributed by atoms with Crippen molar-refractivity contribution in [2.45, 2.75) is 45.4 Å². The predicted octanol–water partition coefficient (Wildman–Crippen LogP) is 2.65. The van der Waals surface area contributed by atoms with Crippen molar-refractivity contribution >= 4 is 10.8 Å². The zero-order chi connectivity index (χ0) is 13.8. The van der Waals surface area contributed by atoms with E-state index >= 15 is 0 Å². The number of ether oxygens (including phenoxy) is 1. The number of hydrogen-bond donors (Lipinski definition) is 1. The van der Waals surface area contributed by atoms with Gasteiger partial charge in [0.2, 0.25) is 0 Å². The van der Waals surface area contributed by atoms with Gasteiger partial charge in [-0.1, -0.05) is 12.1 Å². The second-order valence-electron chi connectivity index (χ2n) is 5.46. The Labute approximate surface area is 118 Å². The third-order valence-corrected chi connectivity index (χ3v) is 4.67. The molecule has 0 radical (unpaired) electrons. The third kappa shape index (κ3) is 4.32. The summed E-state index contributed by atoms with van der Waals surface area (Å²) in [5.74, 6) is 2.40. The van der Waals surface area contributed by atoms with Crippen LogP contribution in [0.25, 0.3) is 0 Å². The van der Waals surface area contributed by atoms with Crippen molar-refractivity contribution < 1.29 is 8.95 Å². The van der Waals surface area contributed by atoms with Gasteiger partial charge >= 0.3 is 0 Å². The summed E-state index contributed by atoms with van der Waals surface area (Å²) in [4.78, 5) is 0. The minimum Gasteiger partial charge on any atom is -0.491 e. The molecule has 106 valence electrons. The summed E-state index contributed by atoms with van der Waals surface area (Å²) in [6.45, 7) is 6.20. The Bertz CT molecular complexity index is 430. The molecule has 0 saturated carbocycles. The molecule has 3 nitrogen and oxygen atoms in total. The van der Waals surface area contributed by atoms with Gasteiger partial charge in [-0.3, -0.25) is 4.21 Å². The van der Waals surface area contributed by atoms with Crippen LogP contribution in [0, 0.1) is 0 Å². The van der Waals surface area contributed by atoms with E-state index in [4.69, 9.17) is 4.74 Å². The van der Waals surface area contributed by atoms with Gasteiger partial charge in [-0.2, -0.15) is 0 Å². The van der Waals surface area contributed by atoms with Crippen LogP contribution in [0.3, 0.4) is 0 Å². The van der Waals surface area contributed by atoms with E-state index < -0.39 is 10.8 Å². The molecule has 19 heavy (non-hydrogen) atoms. The van der Waals surface area contributed by atoms with E-state index in [1.807, 2.05) is 26.0 Å². The van der Waals surface area contributed by atoms with Gasteiger partial charge < -0.3 is 10.1 Å². The molecule has 0 aromatic heterocycles. The van der Waals surface area contributed by atoms with E-state index in [-0.39, 0.29) is 12.1 Å². The summed E-state index contributed by atoms with van der Waals surface area (Å²) in [5.41, 5.74) is 1.19. The highest BCUT2D eigenvalue weighted by atomic mass is 32.2. The SMILES string of the molecule is CC1CCS(=O)CC(c2ccc(OC(C)C)cc2)N1. The molecule has 3 unspecified atom stereocenters. The fourth-order valence-electron chi connectivity index (χ4n) is 2.30. The molecule has 0 amide bonds. The molecular weight excluding hydrogens is 258 g/mol. The molecule has 3 atom stereocenters. The highest BCUT2D eigenvalue weighted by Gasteiger charge is 2.21. The average Bonchev–Trinajstić information content (AvgIpc) is 2.51. The van der Waals surface area contributed by atoms with Crippen LogP contribution < -0.4 is 10.1 Å². The van der Waals surface area contributed by atoms with Crippen LogP contribution in [0.15, 0.2) is 24.3 Å². The molecule has 1 aliphatic rings. The second-order valence-corrected chi connectivity index (χ2v) is 7.08. The summed E-state index contributed by atoms with van der Waals surface area (Å²) in [6, 6.07) is 8.75. The molecule has 0 aliphatic carbocycles. The smallest absolute Gasteiger partial charge is 0.119 e. The van der Waals surface area contributed by atoms with Crippen molar-refractivity contribution in [2.75, 3.05) is 11.5 Å². The first-order valence-corrected chi connectivity index (χ1v) is 8.41. The van der Waals surface area contributed by atoms with Crippen LogP contribution in [0.4, 0.5) is 0 Å². The van der Waals surface area contributed by atoms with E-state index in [1.165, 1.54) is 5.56 Å². The Morgan fingerprint density at radius 1 is 1.32 bits per heavy atom. The molecule has 1 fully saturated rings. The second kappa shape index (κ2) is 6.53. The molecular formula is C15H23NO2S. The number of rotatable bonds is 3. The lowest BCUT2D eigenvalue weighted by Crippen LogP contribution is -2.30. The fraction of sp³-hybridized carbons (Fsp3) is 0.600. The van der Waals surface area contributed by atoms with Gasteiger partial charge in [0.15, 0.2) is 0 Å². The van der Waals surface area contributed by atoms with Gasteiger partial charge in [0.1, 0.15) is 5.75 Å². The van der Waals surface area contributed by atoms with Crippen LogP contribution in [0.5, 0.6) is 5.75 Å². The maximum absolute atomic E-state index is 11.9. The topological polar surface area (TPSA) is 38.3 Å². The average molecular weight is 281 g/mol. The van der Waals surface area contributed by atoms with Crippen LogP contribution in [-0.4, -0.2) is 27.9 Å². The molecule has 0 bridgehead atoms. The van der Waals surface area contributed by atoms with E-state index in [0.29, 0.717) is 11.8 Å². The molecule has 2 rings (SSSR count). The normalized spacial score (nSPS) is 28.1. The van der Waals surface area contributed by atoms with Crippen molar-refractivity contribution in [3.05, 3.63) is 29.8 Å². The Morgan fingerprint density at radius 3 is 2.63 bits per heavy atom. The Morgan fingerprint density at radius 2 is 2.00 bits per heavy atom. The lowest BCUT2D eigenvalue weighted by atomic mass is 10.1. The van der Waals surface area contributed by atoms with Gasteiger partial charge in [-0.15, -0.1) is 0 Å². The zero-order valence-corrected chi connectivity index (χ0v) is 12.7. The molecule has 1 aliphatic heterocycles. The van der Waals surface area contributed by atoms with Crippen molar-refractivity contribution in [3.8, 4) is 5.75 Å². The minimum absolute atomic E-state index is 0.187. The molecule has 1 aromatic rings. The van der Waals surface area contributed by atoms with Crippen molar-refractivity contribution in [3.63, 3.8) is 0 Å². The fourth-order valence-corrected chi connectivity index (χ4v) is 3.74. The monoisotopic (exact) mass is 281 g/mol. The van der Waals surface area contributed by atoms with Gasteiger partial charge in [0.05, 0.1) is 6.10 Å². The highest BCUT2D eigenvalue weighted by molar-refractivity contribution is 7.85. The number of nitrogens with one attached hydrogen (secondary N) is 1. The lowest BCUT2D eigenvalue weighted by molar-refractivity contribution is 0.242. The maximum Gasteiger partial charge on any atom is 0.119 e. The summed E-state index contributed by atoms with van der Waals surface area (Å²) < 4.78 is 17.5. The van der Waals surface area contributed by atoms with E-state index in [2.05, 4.69) is 24.4 Å². The molecule has 1 aromatic carbocycles. The summed E-state index contributed by atoms with van der Waals surface area (Å²) >= 11 is 0. The lowest BCUT2D eigenvalue weighted by Gasteiger charge is -2.20. The molecule has 1 saturated heterocycles. The van der Waals surface area contributed by atoms with Gasteiger partial charge in [0, 0.05) is 34.4 Å². The van der Waals surface area contributed by atoms with Gasteiger partial charge in [-0.05, 0) is 44.9 Å². The highest BCUT2D eigenvalue weighted by Crippen LogP contribution is 2.22. The van der Waals surface area contributed by atoms with E-state index in [0.717, 1.165) is 17.9 Å². The third-order valence-electron chi connectivity index (χ3n) is 3.27. The van der Waals surface area contributed by atoms with Gasteiger partial charge in [0.25, 0.3) is 0 Å². The first kappa shape index (κ1) is 14.5. The quantitative estimate of drug-likeness (QED) is 0.925. The summed E-state index contributed by atoms with van der Waals surface area (Å²) in [6.07, 6.45) is 1.17. The van der Waals surface area contributed by atoms with Crippen LogP contribution in [0.2, 0.25) is 0 Å². The van der Waals surface area contributed by atoms with Gasteiger partial charge in [-0.25, -0.2) is 0 Å². The first-order chi connectivity index (χ1) is 9.04. The Hall–Kier alpha value is -0.870. The Balaban J connectivity index is 2.09. The van der Waals surface area contributed by atoms with Crippen molar-refractivity contribution in [1.29, 1.82) is 0 Å². The number of benzene rings is 1. The van der Waals surface area contributed by atoms with Crippen LogP contribution in [0.1, 0.15) is 38.8 Å². The summed E-state index contributed by atoms with van der Waals surface area (Å²) in [7, 11) is -0.717. The molecule has 1 heterocycles. The molecule has 4 heteroatoms. The standard InChI is InChI=1S/C15H23NO2S/c1-11(2)18-14-6-4-13(5-7-14)15-10-19(17)9-8-12(3)16-15/h4-7,11-12,15-16H,8-10H2,1-3H3. The predicted molar refractivity (Wildman–Crippen MR) is 80.0 cm³/mol.